The summed E-state index contributed by atoms with van der Waals surface area (Å²) < 4.78 is 14.3. The first-order valence-corrected chi connectivity index (χ1v) is 6.04. The van der Waals surface area contributed by atoms with Gasteiger partial charge in [0.05, 0.1) is 6.20 Å². The van der Waals surface area contributed by atoms with E-state index in [0.717, 1.165) is 0 Å². The van der Waals surface area contributed by atoms with Crippen LogP contribution in [0.2, 0.25) is 0 Å². The topological polar surface area (TPSA) is 71.3 Å². The summed E-state index contributed by atoms with van der Waals surface area (Å²) in [7, 11) is 0. The summed E-state index contributed by atoms with van der Waals surface area (Å²) in [5.74, 6) is -0.244. The normalized spacial score (nSPS) is 12.7. The summed E-state index contributed by atoms with van der Waals surface area (Å²) in [5.41, 5.74) is 0.514. The van der Waals surface area contributed by atoms with Crippen LogP contribution in [0.4, 0.5) is 10.3 Å². The van der Waals surface area contributed by atoms with E-state index in [9.17, 15) is 9.18 Å². The van der Waals surface area contributed by atoms with E-state index in [-0.39, 0.29) is 17.9 Å². The number of aromatic nitrogens is 3. The number of halogens is 1. The highest BCUT2D eigenvalue weighted by atomic mass is 19.1. The zero-order valence-corrected chi connectivity index (χ0v) is 11.0. The van der Waals surface area contributed by atoms with Crippen molar-refractivity contribution in [3.8, 4) is 0 Å². The molecule has 2 heterocycles. The van der Waals surface area contributed by atoms with Crippen LogP contribution in [0.3, 0.4) is 0 Å². The van der Waals surface area contributed by atoms with Gasteiger partial charge < -0.3 is 10.6 Å². The summed E-state index contributed by atoms with van der Waals surface area (Å²) in [6.07, 6.45) is 1.23. The summed E-state index contributed by atoms with van der Waals surface area (Å²) in [4.78, 5) is 15.9. The summed E-state index contributed by atoms with van der Waals surface area (Å²) in [6.45, 7) is 5.48. The Morgan fingerprint density at radius 2 is 2.11 bits per heavy atom. The number of carbonyl (C=O) groups excluding carboxylic acids is 1. The van der Waals surface area contributed by atoms with Crippen molar-refractivity contribution in [2.75, 3.05) is 5.32 Å². The minimum atomic E-state index is -0.468. The second-order valence-corrected chi connectivity index (χ2v) is 4.61. The number of fused-ring (bicyclic) bond motifs is 1. The molecule has 0 radical (unpaired) electrons. The zero-order chi connectivity index (χ0) is 14.0. The first kappa shape index (κ1) is 13.3. The van der Waals surface area contributed by atoms with E-state index in [1.165, 1.54) is 22.8 Å². The average Bonchev–Trinajstić information content (AvgIpc) is 2.69. The van der Waals surface area contributed by atoms with Crippen molar-refractivity contribution < 1.29 is 9.18 Å². The number of rotatable bonds is 4. The van der Waals surface area contributed by atoms with Crippen molar-refractivity contribution in [3.63, 3.8) is 0 Å². The molecule has 1 unspecified atom stereocenters. The highest BCUT2D eigenvalue weighted by Crippen LogP contribution is 2.07. The third-order valence-electron chi connectivity index (χ3n) is 2.46. The first-order chi connectivity index (χ1) is 8.95. The number of nitrogens with one attached hydrogen (secondary N) is 2. The van der Waals surface area contributed by atoms with Gasteiger partial charge in [0.2, 0.25) is 11.9 Å². The van der Waals surface area contributed by atoms with Crippen LogP contribution in [-0.4, -0.2) is 32.6 Å². The van der Waals surface area contributed by atoms with E-state index in [1.54, 1.807) is 6.92 Å². The molecule has 2 aromatic heterocycles. The molecule has 0 aliphatic heterocycles. The standard InChI is InChI=1S/C12H16FN5O/c1-7(2)14-11(19)8(3)15-12-16-10-5-4-9(13)6-18(10)17-12/h4-8H,1-3H3,(H,14,19)(H,15,17). The second kappa shape index (κ2) is 5.21. The number of anilines is 1. The summed E-state index contributed by atoms with van der Waals surface area (Å²) in [6, 6.07) is 2.43. The number of hydrogen-bond acceptors (Lipinski definition) is 4. The van der Waals surface area contributed by atoms with E-state index in [2.05, 4.69) is 20.7 Å². The molecule has 0 bridgehead atoms. The molecule has 0 aliphatic carbocycles. The highest BCUT2D eigenvalue weighted by molar-refractivity contribution is 5.83. The van der Waals surface area contributed by atoms with Gasteiger partial charge in [0, 0.05) is 6.04 Å². The largest absolute Gasteiger partial charge is 0.352 e. The van der Waals surface area contributed by atoms with E-state index in [1.807, 2.05) is 13.8 Å². The molecule has 102 valence electrons. The maximum absolute atomic E-state index is 13.0. The molecule has 1 atom stereocenters. The maximum atomic E-state index is 13.0. The molecule has 0 aromatic carbocycles. The van der Waals surface area contributed by atoms with Crippen LogP contribution in [0, 0.1) is 5.82 Å². The maximum Gasteiger partial charge on any atom is 0.243 e. The van der Waals surface area contributed by atoms with Crippen LogP contribution in [-0.2, 0) is 4.79 Å². The van der Waals surface area contributed by atoms with Gasteiger partial charge in [0.25, 0.3) is 0 Å². The SMILES string of the molecule is CC(C)NC(=O)C(C)Nc1nc2ccc(F)cn2n1. The molecule has 0 aliphatic rings. The predicted octanol–water partition coefficient (Wildman–Crippen LogP) is 1.19. The molecular formula is C12H16FN5O. The van der Waals surface area contributed by atoms with Crippen LogP contribution in [0.25, 0.3) is 5.65 Å². The third-order valence-corrected chi connectivity index (χ3v) is 2.46. The first-order valence-electron chi connectivity index (χ1n) is 6.04. The Balaban J connectivity index is 2.10. The molecule has 2 rings (SSSR count). The van der Waals surface area contributed by atoms with Gasteiger partial charge in [-0.25, -0.2) is 8.91 Å². The minimum Gasteiger partial charge on any atom is -0.352 e. The van der Waals surface area contributed by atoms with Crippen molar-refractivity contribution in [3.05, 3.63) is 24.1 Å². The Morgan fingerprint density at radius 3 is 2.79 bits per heavy atom. The summed E-state index contributed by atoms with van der Waals surface area (Å²) in [5, 5.41) is 9.71. The number of amides is 1. The van der Waals surface area contributed by atoms with Gasteiger partial charge in [0.15, 0.2) is 5.65 Å². The quantitative estimate of drug-likeness (QED) is 0.871. The van der Waals surface area contributed by atoms with Crippen molar-refractivity contribution in [1.29, 1.82) is 0 Å². The smallest absolute Gasteiger partial charge is 0.243 e. The molecule has 1 amide bonds. The molecule has 6 nitrogen and oxygen atoms in total. The molecule has 2 N–H and O–H groups in total. The number of pyridine rings is 1. The van der Waals surface area contributed by atoms with E-state index >= 15 is 0 Å². The van der Waals surface area contributed by atoms with Crippen LogP contribution < -0.4 is 10.6 Å². The molecule has 7 heteroatoms. The second-order valence-electron chi connectivity index (χ2n) is 4.61. The molecule has 2 aromatic rings. The molecule has 0 saturated heterocycles. The fourth-order valence-corrected chi connectivity index (χ4v) is 1.59. The monoisotopic (exact) mass is 265 g/mol. The lowest BCUT2D eigenvalue weighted by Gasteiger charge is -2.14. The molecular weight excluding hydrogens is 249 g/mol. The van der Waals surface area contributed by atoms with E-state index < -0.39 is 11.9 Å². The lowest BCUT2D eigenvalue weighted by molar-refractivity contribution is -0.122. The number of nitrogens with zero attached hydrogens (tertiary/aromatic N) is 3. The van der Waals surface area contributed by atoms with Gasteiger partial charge in [0.1, 0.15) is 11.9 Å². The molecule has 0 fully saturated rings. The van der Waals surface area contributed by atoms with Crippen LogP contribution in [0.15, 0.2) is 18.3 Å². The molecule has 19 heavy (non-hydrogen) atoms. The van der Waals surface area contributed by atoms with Crippen molar-refractivity contribution in [1.82, 2.24) is 19.9 Å². The van der Waals surface area contributed by atoms with Crippen LogP contribution in [0.5, 0.6) is 0 Å². The minimum absolute atomic E-state index is 0.0693. The Labute approximate surface area is 110 Å². The highest BCUT2D eigenvalue weighted by Gasteiger charge is 2.15. The number of hydrogen-bond donors (Lipinski definition) is 2. The van der Waals surface area contributed by atoms with Crippen LogP contribution >= 0.6 is 0 Å². The summed E-state index contributed by atoms with van der Waals surface area (Å²) >= 11 is 0. The Kier molecular flexibility index (Phi) is 3.64. The zero-order valence-electron chi connectivity index (χ0n) is 11.0. The van der Waals surface area contributed by atoms with Gasteiger partial charge in [-0.2, -0.15) is 4.98 Å². The third kappa shape index (κ3) is 3.18. The van der Waals surface area contributed by atoms with Crippen LogP contribution in [0.1, 0.15) is 20.8 Å². The van der Waals surface area contributed by atoms with Gasteiger partial charge in [-0.3, -0.25) is 4.79 Å². The Morgan fingerprint density at radius 1 is 1.37 bits per heavy atom. The van der Waals surface area contributed by atoms with Gasteiger partial charge >= 0.3 is 0 Å². The van der Waals surface area contributed by atoms with Crippen molar-refractivity contribution >= 4 is 17.5 Å². The fraction of sp³-hybridized carbons (Fsp3) is 0.417. The number of carbonyl (C=O) groups is 1. The van der Waals surface area contributed by atoms with Gasteiger partial charge in [-0.05, 0) is 32.9 Å². The molecule has 0 saturated carbocycles. The molecule has 0 spiro atoms. The van der Waals surface area contributed by atoms with E-state index in [0.29, 0.717) is 5.65 Å². The average molecular weight is 265 g/mol. The lowest BCUT2D eigenvalue weighted by Crippen LogP contribution is -2.41. The lowest BCUT2D eigenvalue weighted by atomic mass is 10.3. The Bertz CT molecular complexity index is 595. The van der Waals surface area contributed by atoms with Gasteiger partial charge in [-0.1, -0.05) is 0 Å². The van der Waals surface area contributed by atoms with Crippen molar-refractivity contribution in [2.24, 2.45) is 0 Å². The Hall–Kier alpha value is -2.18. The van der Waals surface area contributed by atoms with E-state index in [4.69, 9.17) is 0 Å². The van der Waals surface area contributed by atoms with Gasteiger partial charge in [-0.15, -0.1) is 5.10 Å². The van der Waals surface area contributed by atoms with Crippen molar-refractivity contribution in [2.45, 2.75) is 32.9 Å². The predicted molar refractivity (Wildman–Crippen MR) is 69.3 cm³/mol. The fourth-order valence-electron chi connectivity index (χ4n) is 1.59.